The zero-order valence-corrected chi connectivity index (χ0v) is 21.6. The molecule has 9 nitrogen and oxygen atoms in total. The highest BCUT2D eigenvalue weighted by atomic mass is 16.6. The molecule has 4 amide bonds. The van der Waals surface area contributed by atoms with Crippen LogP contribution in [0.5, 0.6) is 5.75 Å². The molecule has 0 saturated carbocycles. The van der Waals surface area contributed by atoms with Crippen LogP contribution in [0.2, 0.25) is 0 Å². The summed E-state index contributed by atoms with van der Waals surface area (Å²) in [6, 6.07) is 7.17. The van der Waals surface area contributed by atoms with Crippen LogP contribution in [0.1, 0.15) is 78.6 Å². The number of hydrogen-bond donors (Lipinski definition) is 1. The first-order chi connectivity index (χ1) is 17.1. The number of likely N-dealkylation sites (tertiary alicyclic amines) is 1. The number of amides is 4. The molecule has 2 heterocycles. The Balaban J connectivity index is 1.57. The second kappa shape index (κ2) is 11.9. The quantitative estimate of drug-likeness (QED) is 0.377. The predicted octanol–water partition coefficient (Wildman–Crippen LogP) is 4.21. The maximum Gasteiger partial charge on any atom is 0.424 e. The summed E-state index contributed by atoms with van der Waals surface area (Å²) in [6.45, 7) is 5.95. The highest BCUT2D eigenvalue weighted by Crippen LogP contribution is 2.43. The number of piperidine rings is 1. The molecule has 1 spiro atoms. The van der Waals surface area contributed by atoms with Crippen molar-refractivity contribution in [2.75, 3.05) is 24.7 Å². The average Bonchev–Trinajstić information content (AvgIpc) is 3.15. The van der Waals surface area contributed by atoms with Crippen molar-refractivity contribution >= 4 is 29.5 Å². The second-order valence-corrected chi connectivity index (χ2v) is 10.6. The molecule has 1 atom stereocenters. The number of ether oxygens (including phenoxy) is 2. The van der Waals surface area contributed by atoms with E-state index in [4.69, 9.17) is 14.6 Å². The number of hydrogen-bond acceptors (Lipinski definition) is 7. The van der Waals surface area contributed by atoms with Crippen LogP contribution in [0, 0.1) is 5.41 Å². The number of unbranched alkanes of at least 4 members (excludes halogenated alkanes) is 5. The molecule has 36 heavy (non-hydrogen) atoms. The lowest BCUT2D eigenvalue weighted by Crippen LogP contribution is -2.55. The van der Waals surface area contributed by atoms with Gasteiger partial charge in [-0.2, -0.15) is 4.90 Å². The molecule has 2 fully saturated rings. The minimum atomic E-state index is -1.13. The van der Waals surface area contributed by atoms with Crippen molar-refractivity contribution in [1.29, 1.82) is 0 Å². The average molecular weight is 503 g/mol. The van der Waals surface area contributed by atoms with Crippen LogP contribution >= 0.6 is 0 Å². The smallest absolute Gasteiger partial charge is 0.424 e. The Morgan fingerprint density at radius 1 is 0.972 bits per heavy atom. The molecular weight excluding hydrogens is 464 g/mol. The van der Waals surface area contributed by atoms with Crippen molar-refractivity contribution in [3.05, 3.63) is 24.3 Å². The second-order valence-electron chi connectivity index (χ2n) is 10.6. The number of aliphatic hydroxyl groups excluding tert-OH is 1. The first-order valence-corrected chi connectivity index (χ1v) is 12.8. The summed E-state index contributed by atoms with van der Waals surface area (Å²) >= 11 is 0. The zero-order valence-electron chi connectivity index (χ0n) is 21.6. The monoisotopic (exact) mass is 502 g/mol. The number of carbonyl (C=O) groups excluding carboxylic acids is 4. The summed E-state index contributed by atoms with van der Waals surface area (Å²) in [5.41, 5.74) is -1.35. The van der Waals surface area contributed by atoms with E-state index in [1.807, 2.05) is 0 Å². The van der Waals surface area contributed by atoms with Crippen LogP contribution in [-0.2, 0) is 19.1 Å². The topological polar surface area (TPSA) is 113 Å². The largest absolute Gasteiger partial charge is 0.494 e. The van der Waals surface area contributed by atoms with Crippen LogP contribution < -0.4 is 9.64 Å². The number of carbonyl (C=O) groups is 4. The van der Waals surface area contributed by atoms with Gasteiger partial charge in [0, 0.05) is 31.7 Å². The zero-order chi connectivity index (χ0) is 26.3. The molecule has 3 rings (SSSR count). The third-order valence-electron chi connectivity index (χ3n) is 6.52. The van der Waals surface area contributed by atoms with Gasteiger partial charge in [0.25, 0.3) is 0 Å². The lowest BCUT2D eigenvalue weighted by molar-refractivity contribution is -0.155. The van der Waals surface area contributed by atoms with Gasteiger partial charge in [0.05, 0.1) is 12.0 Å². The molecule has 1 aromatic rings. The van der Waals surface area contributed by atoms with E-state index < -0.39 is 28.9 Å². The SMILES string of the molecule is CC(C)(C)OC(=O)N1C(=O)CCC2(CC(=O)N(c3ccc(OCCCCCCCCO)cc3)C2)C1=O. The van der Waals surface area contributed by atoms with E-state index in [0.29, 0.717) is 22.9 Å². The third-order valence-corrected chi connectivity index (χ3v) is 6.52. The van der Waals surface area contributed by atoms with Gasteiger partial charge in [0.15, 0.2) is 0 Å². The van der Waals surface area contributed by atoms with E-state index in [1.165, 1.54) is 4.90 Å². The Labute approximate surface area is 212 Å². The summed E-state index contributed by atoms with van der Waals surface area (Å²) in [4.78, 5) is 53.3. The van der Waals surface area contributed by atoms with Crippen LogP contribution in [0.4, 0.5) is 10.5 Å². The van der Waals surface area contributed by atoms with Crippen molar-refractivity contribution in [3.8, 4) is 5.75 Å². The molecule has 0 radical (unpaired) electrons. The first-order valence-electron chi connectivity index (χ1n) is 12.8. The molecule has 1 unspecified atom stereocenters. The van der Waals surface area contributed by atoms with Gasteiger partial charge in [-0.05, 0) is 64.3 Å². The van der Waals surface area contributed by atoms with Crippen molar-refractivity contribution < 1.29 is 33.8 Å². The van der Waals surface area contributed by atoms with Crippen LogP contribution in [-0.4, -0.2) is 59.2 Å². The summed E-state index contributed by atoms with van der Waals surface area (Å²) in [7, 11) is 0. The van der Waals surface area contributed by atoms with E-state index in [-0.39, 0.29) is 38.3 Å². The molecular formula is C27H38N2O7. The molecule has 2 aliphatic rings. The fourth-order valence-electron chi connectivity index (χ4n) is 4.62. The summed E-state index contributed by atoms with van der Waals surface area (Å²) in [5, 5.41) is 8.80. The van der Waals surface area contributed by atoms with E-state index in [9.17, 15) is 19.2 Å². The minimum absolute atomic E-state index is 0.000313. The van der Waals surface area contributed by atoms with E-state index in [0.717, 1.165) is 38.5 Å². The van der Waals surface area contributed by atoms with Gasteiger partial charge in [-0.15, -0.1) is 0 Å². The van der Waals surface area contributed by atoms with Gasteiger partial charge in [0.1, 0.15) is 11.4 Å². The Morgan fingerprint density at radius 3 is 2.25 bits per heavy atom. The van der Waals surface area contributed by atoms with Gasteiger partial charge >= 0.3 is 6.09 Å². The van der Waals surface area contributed by atoms with Gasteiger partial charge < -0.3 is 19.5 Å². The number of aliphatic hydroxyl groups is 1. The Morgan fingerprint density at radius 2 is 1.61 bits per heavy atom. The van der Waals surface area contributed by atoms with E-state index in [2.05, 4.69) is 0 Å². The molecule has 0 aromatic heterocycles. The lowest BCUT2D eigenvalue weighted by Gasteiger charge is -2.36. The summed E-state index contributed by atoms with van der Waals surface area (Å²) in [5.74, 6) is -0.787. The van der Waals surface area contributed by atoms with Crippen molar-refractivity contribution in [2.24, 2.45) is 5.41 Å². The van der Waals surface area contributed by atoms with Crippen LogP contribution in [0.15, 0.2) is 24.3 Å². The summed E-state index contributed by atoms with van der Waals surface area (Å²) in [6.07, 6.45) is 5.34. The van der Waals surface area contributed by atoms with Gasteiger partial charge in [0.2, 0.25) is 17.7 Å². The standard InChI is InChI=1S/C27H38N2O7/c1-26(2,3)36-25(34)29-22(31)14-15-27(24(29)33)18-23(32)28(19-27)20-10-12-21(13-11-20)35-17-9-7-5-4-6-8-16-30/h10-13,30H,4-9,14-19H2,1-3H3. The number of anilines is 1. The molecule has 2 saturated heterocycles. The number of nitrogens with zero attached hydrogens (tertiary/aromatic N) is 2. The fourth-order valence-corrected chi connectivity index (χ4v) is 4.62. The van der Waals surface area contributed by atoms with Gasteiger partial charge in [-0.3, -0.25) is 14.4 Å². The third kappa shape index (κ3) is 6.84. The Kier molecular flexibility index (Phi) is 9.11. The van der Waals surface area contributed by atoms with Crippen LogP contribution in [0.3, 0.4) is 0 Å². The molecule has 1 aromatic carbocycles. The van der Waals surface area contributed by atoms with E-state index in [1.54, 1.807) is 45.0 Å². The maximum absolute atomic E-state index is 13.3. The normalized spacial score (nSPS) is 20.4. The maximum atomic E-state index is 13.3. The van der Waals surface area contributed by atoms with E-state index >= 15 is 0 Å². The Hall–Kier alpha value is -2.94. The molecule has 1 N–H and O–H groups in total. The number of benzene rings is 1. The van der Waals surface area contributed by atoms with Gasteiger partial charge in [-0.1, -0.05) is 25.7 Å². The highest BCUT2D eigenvalue weighted by Gasteiger charge is 2.56. The molecule has 0 bridgehead atoms. The number of rotatable bonds is 10. The van der Waals surface area contributed by atoms with Crippen molar-refractivity contribution in [1.82, 2.24) is 4.90 Å². The molecule has 0 aliphatic carbocycles. The van der Waals surface area contributed by atoms with Gasteiger partial charge in [-0.25, -0.2) is 4.79 Å². The summed E-state index contributed by atoms with van der Waals surface area (Å²) < 4.78 is 11.1. The Bertz CT molecular complexity index is 954. The predicted molar refractivity (Wildman–Crippen MR) is 133 cm³/mol. The van der Waals surface area contributed by atoms with Crippen molar-refractivity contribution in [3.63, 3.8) is 0 Å². The molecule has 198 valence electrons. The minimum Gasteiger partial charge on any atom is -0.494 e. The fraction of sp³-hybridized carbons (Fsp3) is 0.630. The molecule has 9 heteroatoms. The molecule has 2 aliphatic heterocycles. The van der Waals surface area contributed by atoms with Crippen LogP contribution in [0.25, 0.3) is 0 Å². The highest BCUT2D eigenvalue weighted by molar-refractivity contribution is 6.15. The lowest BCUT2D eigenvalue weighted by atomic mass is 9.78. The number of imide groups is 3. The first kappa shape index (κ1) is 27.6. The van der Waals surface area contributed by atoms with Crippen molar-refractivity contribution in [2.45, 2.75) is 84.2 Å².